The van der Waals surface area contributed by atoms with E-state index in [1.165, 1.54) is 0 Å². The maximum absolute atomic E-state index is 5.71. The van der Waals surface area contributed by atoms with Crippen molar-refractivity contribution in [2.75, 3.05) is 5.32 Å². The van der Waals surface area contributed by atoms with Gasteiger partial charge in [-0.3, -0.25) is 4.98 Å². The predicted molar refractivity (Wildman–Crippen MR) is 63.5 cm³/mol. The lowest BCUT2D eigenvalue weighted by atomic mass is 10.2. The van der Waals surface area contributed by atoms with Gasteiger partial charge in [0.15, 0.2) is 0 Å². The number of hydrogen-bond donors (Lipinski definition) is 1. The average molecular weight is 219 g/mol. The first-order valence-corrected chi connectivity index (χ1v) is 5.24. The summed E-state index contributed by atoms with van der Waals surface area (Å²) in [4.78, 5) is 3.96. The van der Waals surface area contributed by atoms with Crippen molar-refractivity contribution < 1.29 is 0 Å². The molecule has 0 atom stereocenters. The van der Waals surface area contributed by atoms with E-state index in [4.69, 9.17) is 11.6 Å². The molecule has 0 amide bonds. The Balaban J connectivity index is 2.11. The largest absolute Gasteiger partial charge is 0.355 e. The van der Waals surface area contributed by atoms with Crippen molar-refractivity contribution in [2.45, 2.75) is 5.88 Å². The van der Waals surface area contributed by atoms with Gasteiger partial charge >= 0.3 is 0 Å². The van der Waals surface area contributed by atoms with Gasteiger partial charge in [0.1, 0.15) is 0 Å². The number of nitrogens with one attached hydrogen (secondary N) is 1. The van der Waals surface area contributed by atoms with Crippen molar-refractivity contribution >= 4 is 23.0 Å². The third-order valence-corrected chi connectivity index (χ3v) is 2.39. The third kappa shape index (κ3) is 2.70. The Morgan fingerprint density at radius 1 is 0.933 bits per heavy atom. The molecule has 0 aliphatic rings. The molecule has 2 nitrogen and oxygen atoms in total. The Morgan fingerprint density at radius 3 is 2.13 bits per heavy atom. The standard InChI is InChI=1S/C12H11ClN2/c13-9-10-1-3-11(4-2-10)15-12-5-7-14-8-6-12/h1-8H,9H2,(H,14,15). The first-order chi connectivity index (χ1) is 7.38. The van der Waals surface area contributed by atoms with Crippen molar-refractivity contribution in [1.29, 1.82) is 0 Å². The van der Waals surface area contributed by atoms with Gasteiger partial charge in [-0.25, -0.2) is 0 Å². The molecule has 1 N–H and O–H groups in total. The van der Waals surface area contributed by atoms with E-state index < -0.39 is 0 Å². The van der Waals surface area contributed by atoms with Gasteiger partial charge in [0.05, 0.1) is 0 Å². The van der Waals surface area contributed by atoms with Crippen molar-refractivity contribution in [2.24, 2.45) is 0 Å². The van der Waals surface area contributed by atoms with E-state index in [-0.39, 0.29) is 0 Å². The minimum Gasteiger partial charge on any atom is -0.355 e. The number of anilines is 2. The van der Waals surface area contributed by atoms with Crippen LogP contribution in [-0.2, 0) is 5.88 Å². The fraction of sp³-hybridized carbons (Fsp3) is 0.0833. The monoisotopic (exact) mass is 218 g/mol. The summed E-state index contributed by atoms with van der Waals surface area (Å²) in [5, 5.41) is 3.27. The van der Waals surface area contributed by atoms with E-state index in [1.807, 2.05) is 36.4 Å². The van der Waals surface area contributed by atoms with Gasteiger partial charge in [-0.2, -0.15) is 0 Å². The molecule has 15 heavy (non-hydrogen) atoms. The maximum atomic E-state index is 5.71. The summed E-state index contributed by atoms with van der Waals surface area (Å²) >= 11 is 5.71. The second-order valence-electron chi connectivity index (χ2n) is 3.19. The second-order valence-corrected chi connectivity index (χ2v) is 3.46. The molecule has 0 spiro atoms. The fourth-order valence-corrected chi connectivity index (χ4v) is 1.46. The molecule has 0 aliphatic heterocycles. The predicted octanol–water partition coefficient (Wildman–Crippen LogP) is 3.56. The van der Waals surface area contributed by atoms with Crippen LogP contribution in [0.5, 0.6) is 0 Å². The van der Waals surface area contributed by atoms with Crippen LogP contribution in [0.1, 0.15) is 5.56 Å². The lowest BCUT2D eigenvalue weighted by Crippen LogP contribution is -1.90. The summed E-state index contributed by atoms with van der Waals surface area (Å²) < 4.78 is 0. The highest BCUT2D eigenvalue weighted by Crippen LogP contribution is 2.16. The van der Waals surface area contributed by atoms with Gasteiger partial charge < -0.3 is 5.32 Å². The minimum absolute atomic E-state index is 0.551. The Kier molecular flexibility index (Phi) is 3.20. The van der Waals surface area contributed by atoms with E-state index in [0.29, 0.717) is 5.88 Å². The number of hydrogen-bond acceptors (Lipinski definition) is 2. The van der Waals surface area contributed by atoms with Crippen LogP contribution in [0, 0.1) is 0 Å². The zero-order valence-corrected chi connectivity index (χ0v) is 8.91. The second kappa shape index (κ2) is 4.80. The lowest BCUT2D eigenvalue weighted by Gasteiger charge is -2.05. The van der Waals surface area contributed by atoms with Crippen LogP contribution in [0.3, 0.4) is 0 Å². The smallest absolute Gasteiger partial charge is 0.0474 e. The molecule has 2 rings (SSSR count). The van der Waals surface area contributed by atoms with E-state index in [0.717, 1.165) is 16.9 Å². The number of halogens is 1. The Labute approximate surface area is 93.9 Å². The highest BCUT2D eigenvalue weighted by atomic mass is 35.5. The highest BCUT2D eigenvalue weighted by molar-refractivity contribution is 6.17. The van der Waals surface area contributed by atoms with E-state index in [9.17, 15) is 0 Å². The molecule has 0 fully saturated rings. The number of nitrogens with zero attached hydrogens (tertiary/aromatic N) is 1. The molecule has 0 aliphatic carbocycles. The lowest BCUT2D eigenvalue weighted by molar-refractivity contribution is 1.32. The summed E-state index contributed by atoms with van der Waals surface area (Å²) in [6, 6.07) is 11.9. The van der Waals surface area contributed by atoms with Crippen LogP contribution in [-0.4, -0.2) is 4.98 Å². The molecule has 1 aromatic carbocycles. The zero-order chi connectivity index (χ0) is 10.5. The van der Waals surface area contributed by atoms with Crippen LogP contribution in [0.25, 0.3) is 0 Å². The normalized spacial score (nSPS) is 9.93. The van der Waals surface area contributed by atoms with Gasteiger partial charge in [-0.1, -0.05) is 12.1 Å². The molecule has 0 saturated heterocycles. The minimum atomic E-state index is 0.551. The van der Waals surface area contributed by atoms with E-state index >= 15 is 0 Å². The number of alkyl halides is 1. The van der Waals surface area contributed by atoms with Crippen LogP contribution in [0.4, 0.5) is 11.4 Å². The van der Waals surface area contributed by atoms with Gasteiger partial charge in [0.25, 0.3) is 0 Å². The summed E-state index contributed by atoms with van der Waals surface area (Å²) in [7, 11) is 0. The van der Waals surface area contributed by atoms with Gasteiger partial charge in [-0.15, -0.1) is 11.6 Å². The summed E-state index contributed by atoms with van der Waals surface area (Å²) in [6.07, 6.45) is 3.52. The number of benzene rings is 1. The fourth-order valence-electron chi connectivity index (χ4n) is 1.28. The van der Waals surface area contributed by atoms with Crippen LogP contribution in [0.2, 0.25) is 0 Å². The molecule has 0 unspecified atom stereocenters. The molecular weight excluding hydrogens is 208 g/mol. The van der Waals surface area contributed by atoms with E-state index in [1.54, 1.807) is 12.4 Å². The number of pyridine rings is 1. The summed E-state index contributed by atoms with van der Waals surface area (Å²) in [5.41, 5.74) is 3.20. The topological polar surface area (TPSA) is 24.9 Å². The first kappa shape index (κ1) is 9.99. The molecule has 1 heterocycles. The Hall–Kier alpha value is -1.54. The van der Waals surface area contributed by atoms with Gasteiger partial charge in [0, 0.05) is 29.6 Å². The molecule has 76 valence electrons. The van der Waals surface area contributed by atoms with Crippen molar-refractivity contribution in [3.05, 3.63) is 54.4 Å². The van der Waals surface area contributed by atoms with Gasteiger partial charge in [0.2, 0.25) is 0 Å². The van der Waals surface area contributed by atoms with E-state index in [2.05, 4.69) is 10.3 Å². The number of rotatable bonds is 3. The van der Waals surface area contributed by atoms with Crippen molar-refractivity contribution in [1.82, 2.24) is 4.98 Å². The molecular formula is C12H11ClN2. The molecule has 0 bridgehead atoms. The highest BCUT2D eigenvalue weighted by Gasteiger charge is 1.94. The first-order valence-electron chi connectivity index (χ1n) is 4.70. The molecule has 0 saturated carbocycles. The summed E-state index contributed by atoms with van der Waals surface area (Å²) in [5.74, 6) is 0.551. The van der Waals surface area contributed by atoms with Crippen LogP contribution >= 0.6 is 11.6 Å². The maximum Gasteiger partial charge on any atom is 0.0474 e. The average Bonchev–Trinajstić information content (AvgIpc) is 2.31. The van der Waals surface area contributed by atoms with Crippen molar-refractivity contribution in [3.63, 3.8) is 0 Å². The molecule has 3 heteroatoms. The molecule has 2 aromatic rings. The third-order valence-electron chi connectivity index (χ3n) is 2.08. The van der Waals surface area contributed by atoms with Crippen LogP contribution < -0.4 is 5.32 Å². The van der Waals surface area contributed by atoms with Crippen LogP contribution in [0.15, 0.2) is 48.8 Å². The molecule has 1 aromatic heterocycles. The Morgan fingerprint density at radius 2 is 1.53 bits per heavy atom. The zero-order valence-electron chi connectivity index (χ0n) is 8.15. The number of aromatic nitrogens is 1. The Bertz CT molecular complexity index is 411. The SMILES string of the molecule is ClCc1ccc(Nc2ccncc2)cc1. The van der Waals surface area contributed by atoms with Crippen molar-refractivity contribution in [3.8, 4) is 0 Å². The summed E-state index contributed by atoms with van der Waals surface area (Å²) in [6.45, 7) is 0. The molecule has 0 radical (unpaired) electrons. The van der Waals surface area contributed by atoms with Gasteiger partial charge in [-0.05, 0) is 29.8 Å². The quantitative estimate of drug-likeness (QED) is 0.797.